The van der Waals surface area contributed by atoms with Crippen molar-refractivity contribution >= 4 is 29.8 Å². The molecule has 0 aromatic carbocycles. The van der Waals surface area contributed by atoms with Crippen molar-refractivity contribution in [2.75, 3.05) is 19.6 Å². The van der Waals surface area contributed by atoms with E-state index in [-0.39, 0.29) is 37.9 Å². The van der Waals surface area contributed by atoms with Crippen LogP contribution in [0.2, 0.25) is 0 Å². The van der Waals surface area contributed by atoms with E-state index in [2.05, 4.69) is 26.6 Å². The molecule has 0 spiro atoms. The van der Waals surface area contributed by atoms with Crippen molar-refractivity contribution in [2.45, 2.75) is 72.1 Å². The van der Waals surface area contributed by atoms with Crippen LogP contribution < -0.4 is 32.3 Å². The number of hydrogen-bond acceptors (Lipinski definition) is 6. The maximum absolute atomic E-state index is 12.7. The van der Waals surface area contributed by atoms with E-state index in [0.717, 1.165) is 0 Å². The highest BCUT2D eigenvalue weighted by atomic mass is 16.6. The number of primary amides is 1. The summed E-state index contributed by atoms with van der Waals surface area (Å²) in [4.78, 5) is 59.2. The number of nitrogens with two attached hydrogens (primary N) is 1. The van der Waals surface area contributed by atoms with Gasteiger partial charge in [-0.15, -0.1) is 0 Å². The van der Waals surface area contributed by atoms with Crippen LogP contribution in [-0.2, 0) is 19.1 Å². The lowest BCUT2D eigenvalue weighted by Gasteiger charge is -2.25. The van der Waals surface area contributed by atoms with E-state index >= 15 is 0 Å². The van der Waals surface area contributed by atoms with Gasteiger partial charge in [0.25, 0.3) is 0 Å². The number of nitrogens with one attached hydrogen (secondary N) is 5. The van der Waals surface area contributed by atoms with Gasteiger partial charge in [0.05, 0.1) is 0 Å². The molecule has 32 heavy (non-hydrogen) atoms. The molecule has 0 aliphatic heterocycles. The molecule has 0 aliphatic rings. The molecule has 0 saturated heterocycles. The number of urea groups is 1. The summed E-state index contributed by atoms with van der Waals surface area (Å²) in [5, 5.41) is 12.8. The molecule has 0 aromatic rings. The van der Waals surface area contributed by atoms with Crippen molar-refractivity contribution in [3.8, 4) is 0 Å². The highest BCUT2D eigenvalue weighted by Gasteiger charge is 2.28. The van der Waals surface area contributed by atoms with Gasteiger partial charge in [-0.25, -0.2) is 9.59 Å². The third-order valence-corrected chi connectivity index (χ3v) is 4.00. The molecule has 0 radical (unpaired) electrons. The van der Waals surface area contributed by atoms with E-state index in [1.807, 2.05) is 0 Å². The Morgan fingerprint density at radius 3 is 1.97 bits per heavy atom. The van der Waals surface area contributed by atoms with E-state index in [1.165, 1.54) is 6.92 Å². The zero-order valence-corrected chi connectivity index (χ0v) is 19.8. The number of ether oxygens (including phenoxy) is 1. The molecule has 0 fully saturated rings. The van der Waals surface area contributed by atoms with Crippen molar-refractivity contribution in [1.29, 1.82) is 0 Å². The Morgan fingerprint density at radius 1 is 0.875 bits per heavy atom. The molecular weight excluding hydrogens is 420 g/mol. The van der Waals surface area contributed by atoms with Gasteiger partial charge < -0.3 is 37.1 Å². The molecule has 0 aliphatic carbocycles. The maximum Gasteiger partial charge on any atom is 0.407 e. The molecule has 0 heterocycles. The quantitative estimate of drug-likeness (QED) is 0.219. The van der Waals surface area contributed by atoms with Gasteiger partial charge in [-0.2, -0.15) is 0 Å². The Bertz CT molecular complexity index is 661. The third kappa shape index (κ3) is 14.0. The van der Waals surface area contributed by atoms with Crippen LogP contribution in [0.3, 0.4) is 0 Å². The summed E-state index contributed by atoms with van der Waals surface area (Å²) in [6.45, 7) is 10.5. The van der Waals surface area contributed by atoms with Gasteiger partial charge in [-0.3, -0.25) is 14.4 Å². The Morgan fingerprint density at radius 2 is 1.47 bits per heavy atom. The fourth-order valence-corrected chi connectivity index (χ4v) is 2.59. The standard InChI is InChI=1S/C20H38N6O6/c1-12(2)15(25-13(3)27)17(29)26-14(8-7-9-23-18(21)30)16(28)22-10-11-24-19(31)32-20(4,5)6/h12,14-15H,7-11H2,1-6H3,(H,22,28)(H,24,31)(H,25,27)(H,26,29)(H3,21,23,30)/t14-,15-/m0/s1. The van der Waals surface area contributed by atoms with Crippen LogP contribution in [-0.4, -0.2) is 67.2 Å². The summed E-state index contributed by atoms with van der Waals surface area (Å²) >= 11 is 0. The monoisotopic (exact) mass is 458 g/mol. The summed E-state index contributed by atoms with van der Waals surface area (Å²) in [6.07, 6.45) is -0.00386. The Hall–Kier alpha value is -3.05. The number of alkyl carbamates (subject to hydrolysis) is 1. The Labute approximate surface area is 189 Å². The van der Waals surface area contributed by atoms with Crippen LogP contribution in [0.5, 0.6) is 0 Å². The Balaban J connectivity index is 4.89. The molecular formula is C20H38N6O6. The van der Waals surface area contributed by atoms with E-state index in [0.29, 0.717) is 6.42 Å². The average molecular weight is 459 g/mol. The molecule has 6 amide bonds. The van der Waals surface area contributed by atoms with Gasteiger partial charge in [0.15, 0.2) is 0 Å². The summed E-state index contributed by atoms with van der Waals surface area (Å²) in [6, 6.07) is -2.40. The predicted molar refractivity (Wildman–Crippen MR) is 118 cm³/mol. The molecule has 184 valence electrons. The van der Waals surface area contributed by atoms with E-state index in [9.17, 15) is 24.0 Å². The first-order valence-corrected chi connectivity index (χ1v) is 10.6. The van der Waals surface area contributed by atoms with Crippen molar-refractivity contribution in [3.05, 3.63) is 0 Å². The summed E-state index contributed by atoms with van der Waals surface area (Å²) in [7, 11) is 0. The number of rotatable bonds is 12. The minimum absolute atomic E-state index is 0.114. The lowest BCUT2D eigenvalue weighted by atomic mass is 10.0. The highest BCUT2D eigenvalue weighted by molar-refractivity contribution is 5.91. The fraction of sp³-hybridized carbons (Fsp3) is 0.750. The van der Waals surface area contributed by atoms with Crippen LogP contribution in [0.25, 0.3) is 0 Å². The molecule has 0 unspecified atom stereocenters. The summed E-state index contributed by atoms with van der Waals surface area (Å²) < 4.78 is 5.11. The molecule has 0 rings (SSSR count). The second kappa shape index (κ2) is 14.1. The maximum atomic E-state index is 12.7. The van der Waals surface area contributed by atoms with Crippen LogP contribution in [0.1, 0.15) is 54.4 Å². The van der Waals surface area contributed by atoms with E-state index in [1.54, 1.807) is 34.6 Å². The highest BCUT2D eigenvalue weighted by Crippen LogP contribution is 2.06. The molecule has 0 aromatic heterocycles. The molecule has 2 atom stereocenters. The van der Waals surface area contributed by atoms with Crippen LogP contribution in [0.15, 0.2) is 0 Å². The minimum Gasteiger partial charge on any atom is -0.444 e. The normalized spacial score (nSPS) is 12.8. The molecule has 0 saturated carbocycles. The second-order valence-electron chi connectivity index (χ2n) is 8.64. The minimum atomic E-state index is -0.909. The van der Waals surface area contributed by atoms with Gasteiger partial charge in [0, 0.05) is 26.6 Å². The molecule has 7 N–H and O–H groups in total. The zero-order valence-electron chi connectivity index (χ0n) is 19.8. The molecule has 12 nitrogen and oxygen atoms in total. The van der Waals surface area contributed by atoms with Crippen LogP contribution >= 0.6 is 0 Å². The lowest BCUT2D eigenvalue weighted by molar-refractivity contribution is -0.132. The SMILES string of the molecule is CC(=O)N[C@H](C(=O)N[C@@H](CCCNC(N)=O)C(=O)NCCNC(=O)OC(C)(C)C)C(C)C. The topological polar surface area (TPSA) is 181 Å². The number of carbonyl (C=O) groups is 5. The molecule has 12 heteroatoms. The van der Waals surface area contributed by atoms with Gasteiger partial charge in [-0.1, -0.05) is 13.8 Å². The van der Waals surface area contributed by atoms with Crippen LogP contribution in [0.4, 0.5) is 9.59 Å². The van der Waals surface area contributed by atoms with Crippen molar-refractivity contribution in [3.63, 3.8) is 0 Å². The second-order valence-corrected chi connectivity index (χ2v) is 8.64. The van der Waals surface area contributed by atoms with E-state index in [4.69, 9.17) is 10.5 Å². The summed E-state index contributed by atoms with van der Waals surface area (Å²) in [5.74, 6) is -1.52. The predicted octanol–water partition coefficient (Wildman–Crippen LogP) is -0.279. The van der Waals surface area contributed by atoms with E-state index < -0.39 is 41.6 Å². The van der Waals surface area contributed by atoms with Gasteiger partial charge >= 0.3 is 12.1 Å². The number of amides is 6. The fourth-order valence-electron chi connectivity index (χ4n) is 2.59. The summed E-state index contributed by atoms with van der Waals surface area (Å²) in [5.41, 5.74) is 4.39. The van der Waals surface area contributed by atoms with Crippen molar-refractivity contribution < 1.29 is 28.7 Å². The first-order valence-electron chi connectivity index (χ1n) is 10.6. The van der Waals surface area contributed by atoms with Gasteiger partial charge in [0.1, 0.15) is 17.7 Å². The smallest absolute Gasteiger partial charge is 0.407 e. The first-order chi connectivity index (χ1) is 14.7. The molecule has 0 bridgehead atoms. The van der Waals surface area contributed by atoms with Gasteiger partial charge in [-0.05, 0) is 39.5 Å². The van der Waals surface area contributed by atoms with Crippen LogP contribution in [0, 0.1) is 5.92 Å². The van der Waals surface area contributed by atoms with Crippen molar-refractivity contribution in [1.82, 2.24) is 26.6 Å². The zero-order chi connectivity index (χ0) is 24.9. The number of hydrogen-bond donors (Lipinski definition) is 6. The third-order valence-electron chi connectivity index (χ3n) is 4.00. The first kappa shape index (κ1) is 28.9. The average Bonchev–Trinajstić information content (AvgIpc) is 2.63. The lowest BCUT2D eigenvalue weighted by Crippen LogP contribution is -2.55. The number of carbonyl (C=O) groups excluding carboxylic acids is 5. The largest absolute Gasteiger partial charge is 0.444 e. The Kier molecular flexibility index (Phi) is 12.8. The van der Waals surface area contributed by atoms with Crippen molar-refractivity contribution in [2.24, 2.45) is 11.7 Å². The van der Waals surface area contributed by atoms with Gasteiger partial charge in [0.2, 0.25) is 17.7 Å².